The van der Waals surface area contributed by atoms with E-state index >= 15 is 0 Å². The molecule has 0 fully saturated rings. The van der Waals surface area contributed by atoms with Crippen molar-refractivity contribution in [1.29, 1.82) is 5.41 Å². The number of pyridine rings is 1. The summed E-state index contributed by atoms with van der Waals surface area (Å²) in [5.41, 5.74) is 6.35. The molecule has 0 atom stereocenters. The molecule has 2 rings (SSSR count). The van der Waals surface area contributed by atoms with Crippen LogP contribution in [0, 0.1) is 5.41 Å². The van der Waals surface area contributed by atoms with E-state index in [9.17, 15) is 4.79 Å². The third-order valence-electron chi connectivity index (χ3n) is 2.67. The number of halogens is 2. The number of nitrogens with one attached hydrogen (secondary N) is 1. The fraction of sp³-hybridized carbons (Fsp3) is 0.0769. The van der Waals surface area contributed by atoms with Gasteiger partial charge in [-0.3, -0.25) is 10.2 Å². The summed E-state index contributed by atoms with van der Waals surface area (Å²) in [6.45, 7) is 0.414. The van der Waals surface area contributed by atoms with E-state index in [-0.39, 0.29) is 11.1 Å². The summed E-state index contributed by atoms with van der Waals surface area (Å²) in [6.07, 6.45) is 1.71. The van der Waals surface area contributed by atoms with E-state index in [0.29, 0.717) is 16.6 Å². The molecule has 98 valence electrons. The van der Waals surface area contributed by atoms with Gasteiger partial charge in [0.1, 0.15) is 5.49 Å². The van der Waals surface area contributed by atoms with Crippen LogP contribution in [0.3, 0.4) is 0 Å². The standard InChI is InChI=1S/C13H11Cl2N3O/c14-10-4-3-8(6-11(10)15)7-18-5-1-2-9(12(18)16)13(17)19/h1-6,16H,7H2,(H2,17,19). The zero-order chi connectivity index (χ0) is 14.0. The molecule has 0 aliphatic heterocycles. The van der Waals surface area contributed by atoms with Gasteiger partial charge in [-0.05, 0) is 29.8 Å². The highest BCUT2D eigenvalue weighted by molar-refractivity contribution is 6.42. The number of primary amides is 1. The van der Waals surface area contributed by atoms with Crippen LogP contribution in [-0.4, -0.2) is 10.5 Å². The van der Waals surface area contributed by atoms with E-state index in [1.807, 2.05) is 6.07 Å². The summed E-state index contributed by atoms with van der Waals surface area (Å²) >= 11 is 11.8. The number of hydrogen-bond acceptors (Lipinski definition) is 2. The van der Waals surface area contributed by atoms with Crippen LogP contribution in [-0.2, 0) is 6.54 Å². The van der Waals surface area contributed by atoms with E-state index in [1.54, 1.807) is 29.0 Å². The molecule has 4 nitrogen and oxygen atoms in total. The van der Waals surface area contributed by atoms with Crippen molar-refractivity contribution in [2.75, 3.05) is 0 Å². The van der Waals surface area contributed by atoms with Gasteiger partial charge in [-0.15, -0.1) is 0 Å². The highest BCUT2D eigenvalue weighted by Crippen LogP contribution is 2.22. The molecule has 0 aliphatic rings. The van der Waals surface area contributed by atoms with Crippen molar-refractivity contribution in [3.63, 3.8) is 0 Å². The Hall–Kier alpha value is -1.78. The second-order valence-electron chi connectivity index (χ2n) is 4.01. The summed E-state index contributed by atoms with van der Waals surface area (Å²) in [7, 11) is 0. The minimum atomic E-state index is -0.617. The SMILES string of the molecule is N=c1c(C(N)=O)cccn1Cc1ccc(Cl)c(Cl)c1. The predicted molar refractivity (Wildman–Crippen MR) is 74.4 cm³/mol. The van der Waals surface area contributed by atoms with Crippen LogP contribution in [0.25, 0.3) is 0 Å². The quantitative estimate of drug-likeness (QED) is 0.897. The molecule has 1 amide bonds. The maximum Gasteiger partial charge on any atom is 0.252 e. The van der Waals surface area contributed by atoms with Gasteiger partial charge in [0.15, 0.2) is 0 Å². The molecular weight excluding hydrogens is 285 g/mol. The Kier molecular flexibility index (Phi) is 3.93. The van der Waals surface area contributed by atoms with Crippen LogP contribution in [0.2, 0.25) is 10.0 Å². The Morgan fingerprint density at radius 2 is 2.00 bits per heavy atom. The maximum absolute atomic E-state index is 11.2. The maximum atomic E-state index is 11.2. The van der Waals surface area contributed by atoms with Crippen LogP contribution in [0.15, 0.2) is 36.5 Å². The van der Waals surface area contributed by atoms with Crippen molar-refractivity contribution in [1.82, 2.24) is 4.57 Å². The minimum Gasteiger partial charge on any atom is -0.365 e. The Balaban J connectivity index is 2.38. The van der Waals surface area contributed by atoms with E-state index in [4.69, 9.17) is 34.3 Å². The number of carbonyl (C=O) groups is 1. The van der Waals surface area contributed by atoms with E-state index < -0.39 is 5.91 Å². The van der Waals surface area contributed by atoms with Crippen LogP contribution < -0.4 is 11.2 Å². The fourth-order valence-corrected chi connectivity index (χ4v) is 2.04. The number of nitrogens with zero attached hydrogens (tertiary/aromatic N) is 1. The highest BCUT2D eigenvalue weighted by atomic mass is 35.5. The van der Waals surface area contributed by atoms with Crippen molar-refractivity contribution in [2.45, 2.75) is 6.54 Å². The molecule has 0 saturated carbocycles. The monoisotopic (exact) mass is 295 g/mol. The molecule has 0 radical (unpaired) electrons. The van der Waals surface area contributed by atoms with E-state index in [1.165, 1.54) is 6.07 Å². The zero-order valence-electron chi connectivity index (χ0n) is 9.86. The average Bonchev–Trinajstić information content (AvgIpc) is 2.36. The smallest absolute Gasteiger partial charge is 0.252 e. The Labute approximate surface area is 119 Å². The minimum absolute atomic E-state index is 0.0704. The number of rotatable bonds is 3. The summed E-state index contributed by atoms with van der Waals surface area (Å²) in [6, 6.07) is 8.44. The van der Waals surface area contributed by atoms with Crippen molar-refractivity contribution >= 4 is 29.1 Å². The van der Waals surface area contributed by atoms with Gasteiger partial charge in [-0.25, -0.2) is 0 Å². The first kappa shape index (κ1) is 13.6. The van der Waals surface area contributed by atoms with Crippen molar-refractivity contribution in [3.8, 4) is 0 Å². The van der Waals surface area contributed by atoms with Gasteiger partial charge in [0.25, 0.3) is 5.91 Å². The number of nitrogens with two attached hydrogens (primary N) is 1. The summed E-state index contributed by atoms with van der Waals surface area (Å²) in [4.78, 5) is 11.2. The van der Waals surface area contributed by atoms with Gasteiger partial charge < -0.3 is 10.3 Å². The lowest BCUT2D eigenvalue weighted by atomic mass is 10.2. The number of aromatic nitrogens is 1. The lowest BCUT2D eigenvalue weighted by Crippen LogP contribution is -2.29. The Morgan fingerprint density at radius 3 is 2.63 bits per heavy atom. The van der Waals surface area contributed by atoms with E-state index in [2.05, 4.69) is 0 Å². The molecule has 1 aromatic heterocycles. The van der Waals surface area contributed by atoms with Gasteiger partial charge in [-0.2, -0.15) is 0 Å². The molecule has 2 aromatic rings. The average molecular weight is 296 g/mol. The van der Waals surface area contributed by atoms with Gasteiger partial charge in [-0.1, -0.05) is 29.3 Å². The zero-order valence-corrected chi connectivity index (χ0v) is 11.4. The molecule has 0 spiro atoms. The molecule has 0 aliphatic carbocycles. The van der Waals surface area contributed by atoms with Gasteiger partial charge >= 0.3 is 0 Å². The number of benzene rings is 1. The largest absolute Gasteiger partial charge is 0.365 e. The topological polar surface area (TPSA) is 71.9 Å². The van der Waals surface area contributed by atoms with E-state index in [0.717, 1.165) is 5.56 Å². The first-order valence-electron chi connectivity index (χ1n) is 5.47. The van der Waals surface area contributed by atoms with Gasteiger partial charge in [0.05, 0.1) is 15.6 Å². The van der Waals surface area contributed by atoms with Gasteiger partial charge in [0.2, 0.25) is 0 Å². The van der Waals surface area contributed by atoms with Crippen LogP contribution in [0.4, 0.5) is 0 Å². The second kappa shape index (κ2) is 5.47. The third-order valence-corrected chi connectivity index (χ3v) is 3.41. The molecule has 19 heavy (non-hydrogen) atoms. The molecular formula is C13H11Cl2N3O. The van der Waals surface area contributed by atoms with Crippen LogP contribution >= 0.6 is 23.2 Å². The molecule has 1 heterocycles. The first-order valence-corrected chi connectivity index (χ1v) is 6.22. The molecule has 1 aromatic carbocycles. The highest BCUT2D eigenvalue weighted by Gasteiger charge is 2.06. The first-order chi connectivity index (χ1) is 8.99. The normalized spacial score (nSPS) is 10.4. The second-order valence-corrected chi connectivity index (χ2v) is 4.83. The van der Waals surface area contributed by atoms with Crippen molar-refractivity contribution < 1.29 is 4.79 Å². The molecule has 0 unspecified atom stereocenters. The Bertz CT molecular complexity index is 695. The van der Waals surface area contributed by atoms with Gasteiger partial charge in [0, 0.05) is 12.7 Å². The number of amides is 1. The summed E-state index contributed by atoms with van der Waals surface area (Å²) in [5.74, 6) is -0.617. The van der Waals surface area contributed by atoms with Crippen LogP contribution in [0.1, 0.15) is 15.9 Å². The Morgan fingerprint density at radius 1 is 1.26 bits per heavy atom. The molecule has 0 bridgehead atoms. The van der Waals surface area contributed by atoms with Crippen LogP contribution in [0.5, 0.6) is 0 Å². The lowest BCUT2D eigenvalue weighted by molar-refractivity contribution is 0.0998. The number of hydrogen-bond donors (Lipinski definition) is 2. The number of carbonyl (C=O) groups excluding carboxylic acids is 1. The fourth-order valence-electron chi connectivity index (χ4n) is 1.72. The summed E-state index contributed by atoms with van der Waals surface area (Å²) in [5, 5.41) is 8.86. The molecule has 6 heteroatoms. The molecule has 3 N–H and O–H groups in total. The predicted octanol–water partition coefficient (Wildman–Crippen LogP) is 2.42. The third kappa shape index (κ3) is 2.97. The van der Waals surface area contributed by atoms with Crippen molar-refractivity contribution in [2.24, 2.45) is 5.73 Å². The van der Waals surface area contributed by atoms with Crippen molar-refractivity contribution in [3.05, 3.63) is 63.2 Å². The lowest BCUT2D eigenvalue weighted by Gasteiger charge is -2.09. The summed E-state index contributed by atoms with van der Waals surface area (Å²) < 4.78 is 1.61. The molecule has 0 saturated heterocycles.